The van der Waals surface area contributed by atoms with E-state index < -0.39 is 5.51 Å². The number of halogens is 3. The van der Waals surface area contributed by atoms with Crippen LogP contribution >= 0.6 is 11.8 Å². The number of hydrogen-bond donors (Lipinski definition) is 1. The van der Waals surface area contributed by atoms with Crippen molar-refractivity contribution in [1.29, 1.82) is 0 Å². The van der Waals surface area contributed by atoms with Crippen molar-refractivity contribution in [3.63, 3.8) is 0 Å². The molecule has 0 amide bonds. The van der Waals surface area contributed by atoms with Gasteiger partial charge in [0.25, 0.3) is 0 Å². The highest BCUT2D eigenvalue weighted by Crippen LogP contribution is 2.29. The average molecular weight is 258 g/mol. The lowest BCUT2D eigenvalue weighted by Crippen LogP contribution is -2.36. The van der Waals surface area contributed by atoms with Gasteiger partial charge >= 0.3 is 5.51 Å². The minimum atomic E-state index is -4.10. The molecule has 0 bridgehead atoms. The lowest BCUT2D eigenvalue weighted by atomic mass is 10.4. The zero-order valence-corrected chi connectivity index (χ0v) is 10.9. The maximum atomic E-state index is 11.9. The lowest BCUT2D eigenvalue weighted by Gasteiger charge is -2.21. The second kappa shape index (κ2) is 8.20. The van der Waals surface area contributed by atoms with Crippen molar-refractivity contribution in [1.82, 2.24) is 10.2 Å². The Morgan fingerprint density at radius 3 is 2.31 bits per heavy atom. The molecule has 0 saturated carbocycles. The molecule has 0 heterocycles. The fourth-order valence-corrected chi connectivity index (χ4v) is 1.81. The Balaban J connectivity index is 3.59. The van der Waals surface area contributed by atoms with Crippen LogP contribution in [-0.4, -0.2) is 48.4 Å². The molecule has 0 aliphatic heterocycles. The second-order valence-corrected chi connectivity index (χ2v) is 5.00. The van der Waals surface area contributed by atoms with Gasteiger partial charge in [-0.1, -0.05) is 20.8 Å². The maximum Gasteiger partial charge on any atom is 0.441 e. The van der Waals surface area contributed by atoms with Gasteiger partial charge in [0.15, 0.2) is 0 Å². The van der Waals surface area contributed by atoms with Gasteiger partial charge in [-0.2, -0.15) is 13.2 Å². The van der Waals surface area contributed by atoms with E-state index in [1.54, 1.807) is 0 Å². The standard InChI is InChI=1S/C10H21F3N2S/c1-4-15(6-5-14-9(2)3)7-8-16-10(11,12)13/h9,14H,4-8H2,1-3H3. The van der Waals surface area contributed by atoms with Crippen LogP contribution in [0.2, 0.25) is 0 Å². The molecule has 6 heteroatoms. The molecular weight excluding hydrogens is 237 g/mol. The minimum absolute atomic E-state index is 0.0550. The van der Waals surface area contributed by atoms with Gasteiger partial charge in [-0.3, -0.25) is 0 Å². The topological polar surface area (TPSA) is 15.3 Å². The Hall–Kier alpha value is 0.0600. The fourth-order valence-electron chi connectivity index (χ4n) is 1.23. The predicted octanol–water partition coefficient (Wildman–Crippen LogP) is 2.56. The third-order valence-electron chi connectivity index (χ3n) is 2.10. The van der Waals surface area contributed by atoms with Crippen LogP contribution in [0, 0.1) is 0 Å². The first-order valence-corrected chi connectivity index (χ1v) is 6.50. The first-order valence-electron chi connectivity index (χ1n) is 5.51. The van der Waals surface area contributed by atoms with Crippen molar-refractivity contribution in [2.75, 3.05) is 31.9 Å². The number of rotatable bonds is 8. The zero-order valence-electron chi connectivity index (χ0n) is 10.1. The number of hydrogen-bond acceptors (Lipinski definition) is 3. The monoisotopic (exact) mass is 258 g/mol. The van der Waals surface area contributed by atoms with E-state index in [2.05, 4.69) is 19.2 Å². The molecule has 16 heavy (non-hydrogen) atoms. The molecule has 0 unspecified atom stereocenters. The summed E-state index contributed by atoms with van der Waals surface area (Å²) in [5.74, 6) is 0.110. The summed E-state index contributed by atoms with van der Waals surface area (Å²) in [5, 5.41) is 3.25. The molecule has 98 valence electrons. The molecule has 2 nitrogen and oxygen atoms in total. The van der Waals surface area contributed by atoms with Gasteiger partial charge < -0.3 is 10.2 Å². The first-order chi connectivity index (χ1) is 7.35. The summed E-state index contributed by atoms with van der Waals surface area (Å²) < 4.78 is 35.7. The quantitative estimate of drug-likeness (QED) is 0.720. The summed E-state index contributed by atoms with van der Waals surface area (Å²) in [5.41, 5.74) is -4.10. The van der Waals surface area contributed by atoms with Crippen LogP contribution in [0.1, 0.15) is 20.8 Å². The molecule has 0 fully saturated rings. The van der Waals surface area contributed by atoms with Crippen LogP contribution in [-0.2, 0) is 0 Å². The van der Waals surface area contributed by atoms with E-state index in [0.717, 1.165) is 19.6 Å². The summed E-state index contributed by atoms with van der Waals surface area (Å²) in [7, 11) is 0. The Bertz CT molecular complexity index is 174. The normalized spacial score (nSPS) is 12.8. The van der Waals surface area contributed by atoms with Gasteiger partial charge in [-0.05, 0) is 18.3 Å². The van der Waals surface area contributed by atoms with Crippen molar-refractivity contribution >= 4 is 11.8 Å². The number of thioether (sulfide) groups is 1. The molecular formula is C10H21F3N2S. The average Bonchev–Trinajstić information content (AvgIpc) is 2.13. The van der Waals surface area contributed by atoms with Crippen molar-refractivity contribution in [3.05, 3.63) is 0 Å². The Kier molecular flexibility index (Phi) is 8.23. The smallest absolute Gasteiger partial charge is 0.313 e. The molecule has 0 spiro atoms. The highest BCUT2D eigenvalue weighted by Gasteiger charge is 2.27. The first kappa shape index (κ1) is 16.1. The van der Waals surface area contributed by atoms with Crippen LogP contribution in [0.3, 0.4) is 0 Å². The largest absolute Gasteiger partial charge is 0.441 e. The van der Waals surface area contributed by atoms with Crippen LogP contribution in [0.15, 0.2) is 0 Å². The molecule has 0 aliphatic carbocycles. The third kappa shape index (κ3) is 10.6. The van der Waals surface area contributed by atoms with Crippen molar-refractivity contribution < 1.29 is 13.2 Å². The highest BCUT2D eigenvalue weighted by molar-refractivity contribution is 8.00. The zero-order chi connectivity index (χ0) is 12.6. The van der Waals surface area contributed by atoms with Gasteiger partial charge in [-0.25, -0.2) is 0 Å². The molecule has 0 aromatic carbocycles. The minimum Gasteiger partial charge on any atom is -0.313 e. The van der Waals surface area contributed by atoms with Crippen molar-refractivity contribution in [2.45, 2.75) is 32.3 Å². The molecule has 0 radical (unpaired) electrons. The van der Waals surface area contributed by atoms with Crippen LogP contribution < -0.4 is 5.32 Å². The van der Waals surface area contributed by atoms with E-state index in [-0.39, 0.29) is 17.5 Å². The molecule has 0 saturated heterocycles. The Morgan fingerprint density at radius 2 is 1.88 bits per heavy atom. The fraction of sp³-hybridized carbons (Fsp3) is 1.00. The van der Waals surface area contributed by atoms with Crippen LogP contribution in [0.25, 0.3) is 0 Å². The SMILES string of the molecule is CCN(CCNC(C)C)CCSC(F)(F)F. The molecule has 0 aromatic rings. The summed E-state index contributed by atoms with van der Waals surface area (Å²) in [6, 6.07) is 0.420. The van der Waals surface area contributed by atoms with Gasteiger partial charge in [0.05, 0.1) is 0 Å². The second-order valence-electron chi connectivity index (χ2n) is 3.84. The summed E-state index contributed by atoms with van der Waals surface area (Å²) in [6.45, 7) is 8.97. The molecule has 0 aliphatic rings. The molecule has 0 atom stereocenters. The van der Waals surface area contributed by atoms with E-state index in [1.165, 1.54) is 0 Å². The summed E-state index contributed by atoms with van der Waals surface area (Å²) >= 11 is 0.0550. The van der Waals surface area contributed by atoms with Crippen molar-refractivity contribution in [2.24, 2.45) is 0 Å². The van der Waals surface area contributed by atoms with E-state index >= 15 is 0 Å². The van der Waals surface area contributed by atoms with Gasteiger partial charge in [0, 0.05) is 31.4 Å². The Labute approximate surface area is 100.0 Å². The number of alkyl halides is 3. The highest BCUT2D eigenvalue weighted by atomic mass is 32.2. The van der Waals surface area contributed by atoms with E-state index in [9.17, 15) is 13.2 Å². The number of likely N-dealkylation sites (N-methyl/N-ethyl adjacent to an activating group) is 1. The van der Waals surface area contributed by atoms with Gasteiger partial charge in [-0.15, -0.1) is 0 Å². The van der Waals surface area contributed by atoms with Gasteiger partial charge in [0.1, 0.15) is 0 Å². The molecule has 0 rings (SSSR count). The van der Waals surface area contributed by atoms with E-state index in [4.69, 9.17) is 0 Å². The van der Waals surface area contributed by atoms with E-state index in [0.29, 0.717) is 12.6 Å². The number of nitrogens with one attached hydrogen (secondary N) is 1. The number of nitrogens with zero attached hydrogens (tertiary/aromatic N) is 1. The van der Waals surface area contributed by atoms with Crippen molar-refractivity contribution in [3.8, 4) is 0 Å². The predicted molar refractivity (Wildman–Crippen MR) is 63.8 cm³/mol. The van der Waals surface area contributed by atoms with Crippen LogP contribution in [0.5, 0.6) is 0 Å². The van der Waals surface area contributed by atoms with E-state index in [1.807, 2.05) is 11.8 Å². The third-order valence-corrected chi connectivity index (χ3v) is 2.82. The summed E-state index contributed by atoms with van der Waals surface area (Å²) in [4.78, 5) is 2.02. The lowest BCUT2D eigenvalue weighted by molar-refractivity contribution is -0.0328. The Morgan fingerprint density at radius 1 is 1.25 bits per heavy atom. The molecule has 1 N–H and O–H groups in total. The summed E-state index contributed by atoms with van der Waals surface area (Å²) in [6.07, 6.45) is 0. The maximum absolute atomic E-state index is 11.9. The van der Waals surface area contributed by atoms with Gasteiger partial charge in [0.2, 0.25) is 0 Å². The molecule has 0 aromatic heterocycles. The van der Waals surface area contributed by atoms with Crippen LogP contribution in [0.4, 0.5) is 13.2 Å².